The number of ether oxygens (including phenoxy) is 1. The summed E-state index contributed by atoms with van der Waals surface area (Å²) in [6, 6.07) is 10.9. The average Bonchev–Trinajstić information content (AvgIpc) is 2.76. The molecule has 0 amide bonds. The zero-order valence-corrected chi connectivity index (χ0v) is 14.1. The number of benzene rings is 1. The summed E-state index contributed by atoms with van der Waals surface area (Å²) in [7, 11) is 0. The molecule has 1 heterocycles. The van der Waals surface area contributed by atoms with Gasteiger partial charge in [-0.05, 0) is 32.3 Å². The molecule has 1 aliphatic rings. The number of likely N-dealkylation sites (tertiary alicyclic amines) is 1. The molecule has 1 aromatic carbocycles. The third-order valence-electron chi connectivity index (χ3n) is 3.87. The number of hydrogen-bond acceptors (Lipinski definition) is 4. The molecule has 0 aliphatic carbocycles. The van der Waals surface area contributed by atoms with Crippen molar-refractivity contribution >= 4 is 5.97 Å². The average molecular weight is 304 g/mol. The van der Waals surface area contributed by atoms with E-state index in [4.69, 9.17) is 4.74 Å². The van der Waals surface area contributed by atoms with Crippen LogP contribution in [0, 0.1) is 5.92 Å². The second-order valence-electron chi connectivity index (χ2n) is 7.23. The molecule has 4 nitrogen and oxygen atoms in total. The summed E-state index contributed by atoms with van der Waals surface area (Å²) in [5.74, 6) is 0.354. The van der Waals surface area contributed by atoms with Gasteiger partial charge in [0.25, 0.3) is 0 Å². The van der Waals surface area contributed by atoms with Crippen LogP contribution in [0.1, 0.15) is 33.3 Å². The van der Waals surface area contributed by atoms with E-state index < -0.39 is 5.60 Å². The van der Waals surface area contributed by atoms with E-state index in [0.29, 0.717) is 12.0 Å². The summed E-state index contributed by atoms with van der Waals surface area (Å²) in [6.45, 7) is 11.2. The van der Waals surface area contributed by atoms with Gasteiger partial charge in [-0.2, -0.15) is 0 Å². The first-order valence-corrected chi connectivity index (χ1v) is 8.05. The standard InChI is InChI=1S/C18H28N2O2/c1-14-11-20(12-15-8-6-5-7-9-15)13-16(14)19-10-17(21)22-18(2,3)4/h5-9,14,16,19H,10-13H2,1-4H3. The molecule has 2 atom stereocenters. The molecule has 0 aromatic heterocycles. The van der Waals surface area contributed by atoms with E-state index in [1.807, 2.05) is 26.8 Å². The van der Waals surface area contributed by atoms with Gasteiger partial charge in [0.1, 0.15) is 5.60 Å². The predicted molar refractivity (Wildman–Crippen MR) is 88.5 cm³/mol. The first-order valence-electron chi connectivity index (χ1n) is 8.05. The molecule has 0 spiro atoms. The SMILES string of the molecule is CC1CN(Cc2ccccc2)CC1NCC(=O)OC(C)(C)C. The summed E-state index contributed by atoms with van der Waals surface area (Å²) < 4.78 is 5.34. The van der Waals surface area contributed by atoms with Gasteiger partial charge in [-0.1, -0.05) is 37.3 Å². The fourth-order valence-electron chi connectivity index (χ4n) is 2.90. The quantitative estimate of drug-likeness (QED) is 0.848. The van der Waals surface area contributed by atoms with E-state index in [9.17, 15) is 4.79 Å². The molecule has 22 heavy (non-hydrogen) atoms. The second kappa shape index (κ2) is 7.25. The summed E-state index contributed by atoms with van der Waals surface area (Å²) in [4.78, 5) is 14.2. The van der Waals surface area contributed by atoms with Crippen LogP contribution in [0.4, 0.5) is 0 Å². The van der Waals surface area contributed by atoms with Crippen molar-refractivity contribution < 1.29 is 9.53 Å². The van der Waals surface area contributed by atoms with Crippen LogP contribution in [0.3, 0.4) is 0 Å². The normalized spacial score (nSPS) is 22.7. The van der Waals surface area contributed by atoms with Crippen LogP contribution >= 0.6 is 0 Å². The van der Waals surface area contributed by atoms with Gasteiger partial charge in [0.15, 0.2) is 0 Å². The lowest BCUT2D eigenvalue weighted by molar-refractivity contribution is -0.153. The highest BCUT2D eigenvalue weighted by atomic mass is 16.6. The monoisotopic (exact) mass is 304 g/mol. The van der Waals surface area contributed by atoms with Gasteiger partial charge in [0.05, 0.1) is 6.54 Å². The fourth-order valence-corrected chi connectivity index (χ4v) is 2.90. The fraction of sp³-hybridized carbons (Fsp3) is 0.611. The Balaban J connectivity index is 1.78. The van der Waals surface area contributed by atoms with Gasteiger partial charge >= 0.3 is 5.97 Å². The number of carbonyl (C=O) groups is 1. The minimum atomic E-state index is -0.417. The number of nitrogens with zero attached hydrogens (tertiary/aromatic N) is 1. The zero-order valence-electron chi connectivity index (χ0n) is 14.1. The maximum atomic E-state index is 11.8. The molecule has 0 saturated carbocycles. The lowest BCUT2D eigenvalue weighted by Crippen LogP contribution is -2.40. The van der Waals surface area contributed by atoms with Gasteiger partial charge in [-0.15, -0.1) is 0 Å². The van der Waals surface area contributed by atoms with E-state index in [1.54, 1.807) is 0 Å². The molecule has 1 fully saturated rings. The van der Waals surface area contributed by atoms with Gasteiger partial charge in [0.2, 0.25) is 0 Å². The van der Waals surface area contributed by atoms with Gasteiger partial charge in [-0.3, -0.25) is 9.69 Å². The van der Waals surface area contributed by atoms with Gasteiger partial charge < -0.3 is 10.1 Å². The maximum absolute atomic E-state index is 11.8. The molecular formula is C18H28N2O2. The van der Waals surface area contributed by atoms with Crippen molar-refractivity contribution in [3.8, 4) is 0 Å². The highest BCUT2D eigenvalue weighted by Gasteiger charge is 2.29. The third-order valence-corrected chi connectivity index (χ3v) is 3.87. The molecular weight excluding hydrogens is 276 g/mol. The van der Waals surface area contributed by atoms with Gasteiger partial charge in [-0.25, -0.2) is 0 Å². The minimum Gasteiger partial charge on any atom is -0.459 e. The van der Waals surface area contributed by atoms with E-state index in [0.717, 1.165) is 19.6 Å². The predicted octanol–water partition coefficient (Wildman–Crippen LogP) is 2.44. The van der Waals surface area contributed by atoms with E-state index in [-0.39, 0.29) is 12.5 Å². The number of rotatable bonds is 5. The Morgan fingerprint density at radius 3 is 2.59 bits per heavy atom. The van der Waals surface area contributed by atoms with Crippen LogP contribution in [0.25, 0.3) is 0 Å². The Bertz CT molecular complexity index is 482. The molecule has 1 N–H and O–H groups in total. The Labute approximate surface area is 133 Å². The first kappa shape index (κ1) is 17.0. The largest absolute Gasteiger partial charge is 0.459 e. The van der Waals surface area contributed by atoms with E-state index >= 15 is 0 Å². The van der Waals surface area contributed by atoms with Gasteiger partial charge in [0, 0.05) is 25.7 Å². The lowest BCUT2D eigenvalue weighted by Gasteiger charge is -2.21. The number of nitrogens with one attached hydrogen (secondary N) is 1. The molecule has 2 unspecified atom stereocenters. The van der Waals surface area contributed by atoms with Crippen LogP contribution in [-0.2, 0) is 16.1 Å². The van der Waals surface area contributed by atoms with Crippen molar-refractivity contribution in [2.75, 3.05) is 19.6 Å². The second-order valence-corrected chi connectivity index (χ2v) is 7.23. The van der Waals surface area contributed by atoms with Crippen LogP contribution < -0.4 is 5.32 Å². The molecule has 1 aliphatic heterocycles. The van der Waals surface area contributed by atoms with Crippen LogP contribution in [-0.4, -0.2) is 42.1 Å². The Hall–Kier alpha value is -1.39. The van der Waals surface area contributed by atoms with Crippen molar-refractivity contribution in [2.24, 2.45) is 5.92 Å². The first-order chi connectivity index (χ1) is 10.3. The summed E-state index contributed by atoms with van der Waals surface area (Å²) >= 11 is 0. The molecule has 1 aromatic rings. The molecule has 122 valence electrons. The third kappa shape index (κ3) is 5.43. The van der Waals surface area contributed by atoms with Crippen molar-refractivity contribution in [3.63, 3.8) is 0 Å². The molecule has 0 radical (unpaired) electrons. The van der Waals surface area contributed by atoms with E-state index in [2.05, 4.69) is 41.4 Å². The number of esters is 1. The summed E-state index contributed by atoms with van der Waals surface area (Å²) in [6.07, 6.45) is 0. The highest BCUT2D eigenvalue weighted by Crippen LogP contribution is 2.19. The molecule has 1 saturated heterocycles. The zero-order chi connectivity index (χ0) is 16.2. The smallest absolute Gasteiger partial charge is 0.320 e. The molecule has 2 rings (SSSR count). The highest BCUT2D eigenvalue weighted by molar-refractivity contribution is 5.72. The van der Waals surface area contributed by atoms with Crippen molar-refractivity contribution in [1.29, 1.82) is 0 Å². The molecule has 4 heteroatoms. The van der Waals surface area contributed by atoms with Crippen molar-refractivity contribution in [2.45, 2.75) is 45.9 Å². The Kier molecular flexibility index (Phi) is 5.59. The van der Waals surface area contributed by atoms with Crippen molar-refractivity contribution in [1.82, 2.24) is 10.2 Å². The van der Waals surface area contributed by atoms with Crippen LogP contribution in [0.2, 0.25) is 0 Å². The number of carbonyl (C=O) groups excluding carboxylic acids is 1. The van der Waals surface area contributed by atoms with E-state index in [1.165, 1.54) is 5.56 Å². The van der Waals surface area contributed by atoms with Crippen LogP contribution in [0.15, 0.2) is 30.3 Å². The Morgan fingerprint density at radius 2 is 1.95 bits per heavy atom. The summed E-state index contributed by atoms with van der Waals surface area (Å²) in [5, 5.41) is 3.35. The topological polar surface area (TPSA) is 41.6 Å². The molecule has 0 bridgehead atoms. The maximum Gasteiger partial charge on any atom is 0.320 e. The van der Waals surface area contributed by atoms with Crippen LogP contribution in [0.5, 0.6) is 0 Å². The summed E-state index contributed by atoms with van der Waals surface area (Å²) in [5.41, 5.74) is 0.918. The minimum absolute atomic E-state index is 0.179. The lowest BCUT2D eigenvalue weighted by atomic mass is 10.1. The number of hydrogen-bond donors (Lipinski definition) is 1. The Morgan fingerprint density at radius 1 is 1.27 bits per heavy atom. The van der Waals surface area contributed by atoms with Crippen molar-refractivity contribution in [3.05, 3.63) is 35.9 Å².